The summed E-state index contributed by atoms with van der Waals surface area (Å²) in [7, 11) is 2.22. The van der Waals surface area contributed by atoms with Gasteiger partial charge >= 0.3 is 6.09 Å². The van der Waals surface area contributed by atoms with Gasteiger partial charge in [0, 0.05) is 43.9 Å². The number of amides is 1. The molecular weight excluding hydrogens is 657 g/mol. The number of halogens is 1. The van der Waals surface area contributed by atoms with E-state index in [-0.39, 0.29) is 18.0 Å². The molecule has 1 N–H and O–H groups in total. The summed E-state index contributed by atoms with van der Waals surface area (Å²) in [6.45, 7) is 8.91. The molecule has 0 spiro atoms. The van der Waals surface area contributed by atoms with E-state index in [1.165, 1.54) is 6.07 Å². The Bertz CT molecular complexity index is 1740. The van der Waals surface area contributed by atoms with Crippen LogP contribution in [-0.4, -0.2) is 65.3 Å². The number of alkyl carbamates (subject to hydrolysis) is 1. The highest BCUT2D eigenvalue weighted by Gasteiger charge is 2.29. The Morgan fingerprint density at radius 3 is 2.13 bits per heavy atom. The summed E-state index contributed by atoms with van der Waals surface area (Å²) >= 11 is 0. The van der Waals surface area contributed by atoms with Gasteiger partial charge in [0.15, 0.2) is 0 Å². The van der Waals surface area contributed by atoms with Crippen LogP contribution in [0.25, 0.3) is 11.3 Å². The van der Waals surface area contributed by atoms with E-state index in [1.54, 1.807) is 12.3 Å². The number of piperidine rings is 1. The minimum atomic E-state index is -0.491. The van der Waals surface area contributed by atoms with Gasteiger partial charge in [-0.3, -0.25) is 4.98 Å². The third-order valence-corrected chi connectivity index (χ3v) is 9.93. The number of benzene rings is 2. The molecule has 3 heterocycles. The van der Waals surface area contributed by atoms with E-state index < -0.39 is 5.60 Å². The molecule has 10 heteroatoms. The SMILES string of the molecule is CN(CC1CCN(c2cnc(-c3ccc(OCc4ccccc4)nc3OCc3ccccc3)cc2F)CC1)C1CCC(NC(=O)OC(C)(C)C)CC1. The summed E-state index contributed by atoms with van der Waals surface area (Å²) < 4.78 is 33.4. The molecule has 1 saturated carbocycles. The third kappa shape index (κ3) is 10.4. The van der Waals surface area contributed by atoms with Gasteiger partial charge in [0.25, 0.3) is 0 Å². The zero-order valence-corrected chi connectivity index (χ0v) is 30.9. The summed E-state index contributed by atoms with van der Waals surface area (Å²) in [4.78, 5) is 26.2. The van der Waals surface area contributed by atoms with Crippen LogP contribution in [0, 0.1) is 11.7 Å². The fourth-order valence-electron chi connectivity index (χ4n) is 7.12. The van der Waals surface area contributed by atoms with E-state index in [1.807, 2.05) is 87.5 Å². The van der Waals surface area contributed by atoms with Gasteiger partial charge in [-0.25, -0.2) is 9.18 Å². The van der Waals surface area contributed by atoms with Crippen molar-refractivity contribution < 1.29 is 23.4 Å². The highest BCUT2D eigenvalue weighted by molar-refractivity contribution is 5.68. The maximum absolute atomic E-state index is 15.8. The molecule has 1 aliphatic heterocycles. The Balaban J connectivity index is 1.04. The average molecular weight is 710 g/mol. The molecule has 1 saturated heterocycles. The second kappa shape index (κ2) is 17.2. The van der Waals surface area contributed by atoms with Crippen molar-refractivity contribution in [2.75, 3.05) is 31.6 Å². The number of hydrogen-bond acceptors (Lipinski definition) is 8. The summed E-state index contributed by atoms with van der Waals surface area (Å²) in [6, 6.07) is 25.5. The molecule has 2 fully saturated rings. The Morgan fingerprint density at radius 1 is 0.885 bits per heavy atom. The van der Waals surface area contributed by atoms with Crippen LogP contribution in [0.1, 0.15) is 70.4 Å². The molecule has 6 rings (SSSR count). The number of anilines is 1. The van der Waals surface area contributed by atoms with E-state index in [0.717, 1.165) is 69.3 Å². The summed E-state index contributed by atoms with van der Waals surface area (Å²) in [6.07, 6.45) is 7.32. The smallest absolute Gasteiger partial charge is 0.407 e. The predicted molar refractivity (Wildman–Crippen MR) is 202 cm³/mol. The van der Waals surface area contributed by atoms with E-state index >= 15 is 4.39 Å². The first-order valence-corrected chi connectivity index (χ1v) is 18.5. The summed E-state index contributed by atoms with van der Waals surface area (Å²) in [5, 5.41) is 3.04. The lowest BCUT2D eigenvalue weighted by atomic mass is 9.89. The fraction of sp³-hybridized carbons (Fsp3) is 0.452. The van der Waals surface area contributed by atoms with Gasteiger partial charge in [0.05, 0.1) is 23.1 Å². The van der Waals surface area contributed by atoms with Gasteiger partial charge in [-0.2, -0.15) is 4.98 Å². The van der Waals surface area contributed by atoms with Crippen molar-refractivity contribution in [2.45, 2.75) is 90.2 Å². The number of aromatic nitrogens is 2. The average Bonchev–Trinajstić information content (AvgIpc) is 3.14. The molecule has 0 atom stereocenters. The normalized spacial score (nSPS) is 18.2. The van der Waals surface area contributed by atoms with E-state index in [2.05, 4.69) is 27.1 Å². The number of ether oxygens (including phenoxy) is 3. The zero-order valence-electron chi connectivity index (χ0n) is 30.9. The Morgan fingerprint density at radius 2 is 1.52 bits per heavy atom. The van der Waals surface area contributed by atoms with Crippen molar-refractivity contribution in [2.24, 2.45) is 5.92 Å². The number of nitrogens with zero attached hydrogens (tertiary/aromatic N) is 4. The number of rotatable bonds is 12. The standard InChI is InChI=1S/C42H52FN5O4/c1-42(2,3)52-41(49)45-33-15-17-34(18-16-33)47(4)27-30-21-23-48(24-22-30)38-26-44-37(25-36(38)43)35-19-20-39(50-28-31-11-7-5-8-12-31)46-40(35)51-29-32-13-9-6-10-14-32/h5-14,19-20,25-26,30,33-34H,15-18,21-24,27-29H2,1-4H3,(H,45,49). The van der Waals surface area contributed by atoms with Crippen molar-refractivity contribution in [3.63, 3.8) is 0 Å². The zero-order chi connectivity index (χ0) is 36.5. The first-order chi connectivity index (χ1) is 25.1. The third-order valence-electron chi connectivity index (χ3n) is 9.93. The van der Waals surface area contributed by atoms with Crippen molar-refractivity contribution in [1.82, 2.24) is 20.2 Å². The molecule has 0 radical (unpaired) electrons. The summed E-state index contributed by atoms with van der Waals surface area (Å²) in [5.74, 6) is 0.999. The van der Waals surface area contributed by atoms with Crippen LogP contribution in [0.5, 0.6) is 11.8 Å². The van der Waals surface area contributed by atoms with Crippen LogP contribution in [0.3, 0.4) is 0 Å². The maximum atomic E-state index is 15.8. The van der Waals surface area contributed by atoms with Crippen molar-refractivity contribution in [3.8, 4) is 23.0 Å². The highest BCUT2D eigenvalue weighted by Crippen LogP contribution is 2.34. The minimum Gasteiger partial charge on any atom is -0.473 e. The molecule has 4 aromatic rings. The van der Waals surface area contributed by atoms with E-state index in [9.17, 15) is 4.79 Å². The fourth-order valence-corrected chi connectivity index (χ4v) is 7.12. The van der Waals surface area contributed by atoms with Gasteiger partial charge < -0.3 is 29.3 Å². The van der Waals surface area contributed by atoms with Crippen LogP contribution < -0.4 is 19.7 Å². The molecule has 2 aromatic carbocycles. The quantitative estimate of drug-likeness (QED) is 0.157. The number of hydrogen-bond donors (Lipinski definition) is 1. The van der Waals surface area contributed by atoms with Gasteiger partial charge in [-0.05, 0) is 89.5 Å². The van der Waals surface area contributed by atoms with Crippen LogP contribution in [0.4, 0.5) is 14.9 Å². The molecular formula is C42H52FN5O4. The van der Waals surface area contributed by atoms with Gasteiger partial charge in [0.1, 0.15) is 24.6 Å². The molecule has 0 bridgehead atoms. The van der Waals surface area contributed by atoms with Crippen molar-refractivity contribution >= 4 is 11.8 Å². The Hall–Kier alpha value is -4.70. The lowest BCUT2D eigenvalue weighted by Crippen LogP contribution is -2.46. The largest absolute Gasteiger partial charge is 0.473 e. The van der Waals surface area contributed by atoms with Crippen molar-refractivity contribution in [1.29, 1.82) is 0 Å². The van der Waals surface area contributed by atoms with Crippen LogP contribution in [-0.2, 0) is 18.0 Å². The molecule has 276 valence electrons. The molecule has 0 unspecified atom stereocenters. The van der Waals surface area contributed by atoms with Gasteiger partial charge in [-0.15, -0.1) is 0 Å². The molecule has 9 nitrogen and oxygen atoms in total. The second-order valence-corrected chi connectivity index (χ2v) is 15.1. The minimum absolute atomic E-state index is 0.167. The number of carbonyl (C=O) groups is 1. The van der Waals surface area contributed by atoms with Crippen LogP contribution >= 0.6 is 0 Å². The Labute approximate surface area is 307 Å². The van der Waals surface area contributed by atoms with Crippen LogP contribution in [0.2, 0.25) is 0 Å². The number of carbonyl (C=O) groups excluding carboxylic acids is 1. The second-order valence-electron chi connectivity index (χ2n) is 15.1. The monoisotopic (exact) mass is 709 g/mol. The molecule has 2 aromatic heterocycles. The topological polar surface area (TPSA) is 89.0 Å². The Kier molecular flexibility index (Phi) is 12.3. The maximum Gasteiger partial charge on any atom is 0.407 e. The van der Waals surface area contributed by atoms with E-state index in [0.29, 0.717) is 53.9 Å². The van der Waals surface area contributed by atoms with E-state index in [4.69, 9.17) is 19.2 Å². The number of nitrogens with one attached hydrogen (secondary N) is 1. The molecule has 52 heavy (non-hydrogen) atoms. The molecule has 2 aliphatic rings. The van der Waals surface area contributed by atoms with Gasteiger partial charge in [-0.1, -0.05) is 60.7 Å². The first-order valence-electron chi connectivity index (χ1n) is 18.5. The number of pyridine rings is 2. The van der Waals surface area contributed by atoms with Crippen molar-refractivity contribution in [3.05, 3.63) is 102 Å². The highest BCUT2D eigenvalue weighted by atomic mass is 19.1. The molecule has 1 aliphatic carbocycles. The first kappa shape index (κ1) is 37.1. The lowest BCUT2D eigenvalue weighted by molar-refractivity contribution is 0.0478. The summed E-state index contributed by atoms with van der Waals surface area (Å²) in [5.41, 5.74) is 3.12. The lowest BCUT2D eigenvalue weighted by Gasteiger charge is -2.39. The van der Waals surface area contributed by atoms with Gasteiger partial charge in [0.2, 0.25) is 11.8 Å². The molecule has 1 amide bonds. The van der Waals surface area contributed by atoms with Crippen LogP contribution in [0.15, 0.2) is 85.1 Å². The predicted octanol–water partition coefficient (Wildman–Crippen LogP) is 8.42.